The highest BCUT2D eigenvalue weighted by molar-refractivity contribution is 7.99. The average Bonchev–Trinajstić information content (AvgIpc) is 2.26. The molecule has 94 valence electrons. The minimum Gasteiger partial charge on any atom is -0.376 e. The molecule has 0 aliphatic carbocycles. The summed E-state index contributed by atoms with van der Waals surface area (Å²) in [5.41, 5.74) is 0.980. The van der Waals surface area contributed by atoms with Crippen molar-refractivity contribution >= 4 is 23.4 Å². The minimum absolute atomic E-state index is 0.0747. The molecular formula is C13H20N2OS. The molecule has 3 nitrogen and oxygen atoms in total. The van der Waals surface area contributed by atoms with Crippen molar-refractivity contribution in [1.82, 2.24) is 4.90 Å². The molecular weight excluding hydrogens is 232 g/mol. The Balaban J connectivity index is 2.48. The topological polar surface area (TPSA) is 32.3 Å². The smallest absolute Gasteiger partial charge is 0.241 e. The van der Waals surface area contributed by atoms with Gasteiger partial charge in [0.25, 0.3) is 0 Å². The first-order valence-corrected chi connectivity index (χ1v) is 6.57. The van der Waals surface area contributed by atoms with E-state index in [0.29, 0.717) is 11.8 Å². The van der Waals surface area contributed by atoms with E-state index < -0.39 is 0 Å². The van der Waals surface area contributed by atoms with E-state index in [0.717, 1.165) is 5.69 Å². The summed E-state index contributed by atoms with van der Waals surface area (Å²) in [6.07, 6.45) is 0. The summed E-state index contributed by atoms with van der Waals surface area (Å²) in [5.74, 6) is 0.0747. The van der Waals surface area contributed by atoms with E-state index in [1.165, 1.54) is 4.90 Å². The molecule has 0 saturated heterocycles. The van der Waals surface area contributed by atoms with Crippen LogP contribution in [0.5, 0.6) is 0 Å². The summed E-state index contributed by atoms with van der Waals surface area (Å²) in [7, 11) is 3.51. The van der Waals surface area contributed by atoms with E-state index in [2.05, 4.69) is 31.3 Å². The number of nitrogens with one attached hydrogen (secondary N) is 1. The second-order valence-electron chi connectivity index (χ2n) is 4.33. The number of amides is 1. The van der Waals surface area contributed by atoms with Crippen LogP contribution < -0.4 is 5.32 Å². The maximum Gasteiger partial charge on any atom is 0.241 e. The van der Waals surface area contributed by atoms with Gasteiger partial charge in [0.15, 0.2) is 0 Å². The Bertz CT molecular complexity index is 360. The van der Waals surface area contributed by atoms with Gasteiger partial charge in [-0.1, -0.05) is 13.8 Å². The van der Waals surface area contributed by atoms with E-state index in [4.69, 9.17) is 0 Å². The van der Waals surface area contributed by atoms with E-state index in [1.807, 2.05) is 23.9 Å². The molecule has 0 heterocycles. The zero-order valence-electron chi connectivity index (χ0n) is 10.9. The molecule has 0 aromatic heterocycles. The number of thioether (sulfide) groups is 1. The first-order valence-electron chi connectivity index (χ1n) is 5.70. The predicted octanol–water partition coefficient (Wildman–Crippen LogP) is 2.69. The Morgan fingerprint density at radius 2 is 1.88 bits per heavy atom. The summed E-state index contributed by atoms with van der Waals surface area (Å²) in [6, 6.07) is 8.17. The van der Waals surface area contributed by atoms with Crippen LogP contribution in [0.25, 0.3) is 0 Å². The maximum absolute atomic E-state index is 11.4. The van der Waals surface area contributed by atoms with Gasteiger partial charge >= 0.3 is 0 Å². The van der Waals surface area contributed by atoms with Crippen LogP contribution in [0.1, 0.15) is 13.8 Å². The van der Waals surface area contributed by atoms with Gasteiger partial charge in [0, 0.05) is 29.9 Å². The molecule has 1 aromatic carbocycles. The zero-order valence-corrected chi connectivity index (χ0v) is 11.7. The van der Waals surface area contributed by atoms with Gasteiger partial charge in [0.05, 0.1) is 6.54 Å². The van der Waals surface area contributed by atoms with Crippen LogP contribution in [-0.4, -0.2) is 36.7 Å². The maximum atomic E-state index is 11.4. The Morgan fingerprint density at radius 1 is 1.29 bits per heavy atom. The average molecular weight is 252 g/mol. The lowest BCUT2D eigenvalue weighted by Crippen LogP contribution is -2.28. The van der Waals surface area contributed by atoms with Crippen molar-refractivity contribution in [1.29, 1.82) is 0 Å². The molecule has 0 atom stereocenters. The lowest BCUT2D eigenvalue weighted by atomic mass is 10.3. The fourth-order valence-corrected chi connectivity index (χ4v) is 2.10. The molecule has 0 spiro atoms. The number of hydrogen-bond donors (Lipinski definition) is 1. The zero-order chi connectivity index (χ0) is 12.8. The number of nitrogens with zero attached hydrogens (tertiary/aromatic N) is 1. The van der Waals surface area contributed by atoms with Crippen molar-refractivity contribution in [2.24, 2.45) is 0 Å². The first-order chi connectivity index (χ1) is 7.99. The summed E-state index contributed by atoms with van der Waals surface area (Å²) in [6.45, 7) is 4.68. The van der Waals surface area contributed by atoms with Crippen molar-refractivity contribution in [3.63, 3.8) is 0 Å². The highest BCUT2D eigenvalue weighted by atomic mass is 32.2. The van der Waals surface area contributed by atoms with Gasteiger partial charge in [-0.3, -0.25) is 4.79 Å². The molecule has 1 rings (SSSR count). The Kier molecular flexibility index (Phi) is 5.35. The van der Waals surface area contributed by atoms with Gasteiger partial charge in [0.1, 0.15) is 0 Å². The van der Waals surface area contributed by atoms with Crippen molar-refractivity contribution < 1.29 is 4.79 Å². The van der Waals surface area contributed by atoms with Crippen LogP contribution >= 0.6 is 11.8 Å². The lowest BCUT2D eigenvalue weighted by molar-refractivity contribution is -0.126. The number of rotatable bonds is 5. The van der Waals surface area contributed by atoms with E-state index in [9.17, 15) is 4.79 Å². The standard InChI is InChI=1S/C13H20N2OS/c1-10(2)17-12-7-5-11(6-8-12)14-9-13(16)15(3)4/h5-8,10,14H,9H2,1-4H3. The molecule has 0 fully saturated rings. The molecule has 0 saturated carbocycles. The van der Waals surface area contributed by atoms with Crippen LogP contribution in [0.15, 0.2) is 29.2 Å². The van der Waals surface area contributed by atoms with E-state index >= 15 is 0 Å². The van der Waals surface area contributed by atoms with Crippen LogP contribution in [-0.2, 0) is 4.79 Å². The largest absolute Gasteiger partial charge is 0.376 e. The highest BCUT2D eigenvalue weighted by Gasteiger charge is 2.03. The number of likely N-dealkylation sites (N-methyl/N-ethyl adjacent to an activating group) is 1. The van der Waals surface area contributed by atoms with Gasteiger partial charge < -0.3 is 10.2 Å². The summed E-state index contributed by atoms with van der Waals surface area (Å²) < 4.78 is 0. The highest BCUT2D eigenvalue weighted by Crippen LogP contribution is 2.23. The van der Waals surface area contributed by atoms with Gasteiger partial charge in [-0.25, -0.2) is 0 Å². The number of hydrogen-bond acceptors (Lipinski definition) is 3. The second-order valence-corrected chi connectivity index (χ2v) is 5.98. The molecule has 17 heavy (non-hydrogen) atoms. The molecule has 0 radical (unpaired) electrons. The van der Waals surface area contributed by atoms with Crippen molar-refractivity contribution in [2.75, 3.05) is 26.0 Å². The van der Waals surface area contributed by atoms with Crippen molar-refractivity contribution in [3.05, 3.63) is 24.3 Å². The SMILES string of the molecule is CC(C)Sc1ccc(NCC(=O)N(C)C)cc1. The normalized spacial score (nSPS) is 10.4. The molecule has 0 bridgehead atoms. The third-order valence-corrected chi connectivity index (χ3v) is 3.18. The van der Waals surface area contributed by atoms with Crippen LogP contribution in [0.3, 0.4) is 0 Å². The third-order valence-electron chi connectivity index (χ3n) is 2.17. The fraction of sp³-hybridized carbons (Fsp3) is 0.462. The Hall–Kier alpha value is -1.16. The van der Waals surface area contributed by atoms with Gasteiger partial charge in [-0.05, 0) is 24.3 Å². The summed E-state index contributed by atoms with van der Waals surface area (Å²) >= 11 is 1.83. The number of anilines is 1. The molecule has 0 aliphatic heterocycles. The molecule has 1 aromatic rings. The van der Waals surface area contributed by atoms with Crippen LogP contribution in [0.2, 0.25) is 0 Å². The van der Waals surface area contributed by atoms with Gasteiger partial charge in [-0.15, -0.1) is 11.8 Å². The minimum atomic E-state index is 0.0747. The molecule has 1 N–H and O–H groups in total. The first kappa shape index (κ1) is 13.9. The Labute approximate surface area is 108 Å². The van der Waals surface area contributed by atoms with Crippen molar-refractivity contribution in [3.8, 4) is 0 Å². The monoisotopic (exact) mass is 252 g/mol. The lowest BCUT2D eigenvalue weighted by Gasteiger charge is -2.12. The molecule has 4 heteroatoms. The molecule has 1 amide bonds. The molecule has 0 unspecified atom stereocenters. The number of benzene rings is 1. The number of carbonyl (C=O) groups is 1. The van der Waals surface area contributed by atoms with Crippen LogP contribution in [0, 0.1) is 0 Å². The Morgan fingerprint density at radius 3 is 2.35 bits per heavy atom. The molecule has 0 aliphatic rings. The second kappa shape index (κ2) is 6.55. The van der Waals surface area contributed by atoms with Gasteiger partial charge in [-0.2, -0.15) is 0 Å². The van der Waals surface area contributed by atoms with E-state index in [-0.39, 0.29) is 5.91 Å². The predicted molar refractivity (Wildman–Crippen MR) is 74.6 cm³/mol. The van der Waals surface area contributed by atoms with Crippen molar-refractivity contribution in [2.45, 2.75) is 24.0 Å². The van der Waals surface area contributed by atoms with Crippen LogP contribution in [0.4, 0.5) is 5.69 Å². The summed E-state index contributed by atoms with van der Waals surface area (Å²) in [5, 5.41) is 3.69. The third kappa shape index (κ3) is 5.13. The van der Waals surface area contributed by atoms with Gasteiger partial charge in [0.2, 0.25) is 5.91 Å². The fourth-order valence-electron chi connectivity index (χ4n) is 1.26. The quantitative estimate of drug-likeness (QED) is 0.818. The summed E-state index contributed by atoms with van der Waals surface area (Å²) in [4.78, 5) is 14.2. The number of carbonyl (C=O) groups excluding carboxylic acids is 1. The van der Waals surface area contributed by atoms with E-state index in [1.54, 1.807) is 19.0 Å².